The summed E-state index contributed by atoms with van der Waals surface area (Å²) in [5.41, 5.74) is 28.0. The third kappa shape index (κ3) is 13.5. The van der Waals surface area contributed by atoms with Crippen LogP contribution < -0.4 is 44.6 Å². The third-order valence-electron chi connectivity index (χ3n) is 5.82. The number of amides is 4. The Morgan fingerprint density at radius 3 is 1.98 bits per heavy atom. The van der Waals surface area contributed by atoms with Crippen molar-refractivity contribution in [3.63, 3.8) is 0 Å². The third-order valence-corrected chi connectivity index (χ3v) is 5.82. The quantitative estimate of drug-likeness (QED) is 0.0471. The predicted molar refractivity (Wildman–Crippen MR) is 148 cm³/mol. The number of carbonyl (C=O) groups is 5. The van der Waals surface area contributed by atoms with Crippen LogP contribution in [0.25, 0.3) is 0 Å². The zero-order valence-electron chi connectivity index (χ0n) is 22.4. The molecule has 1 aromatic carbocycles. The molecule has 0 aliphatic heterocycles. The lowest BCUT2D eigenvalue weighted by atomic mass is 10.0. The summed E-state index contributed by atoms with van der Waals surface area (Å²) in [7, 11) is 0. The van der Waals surface area contributed by atoms with E-state index in [0.717, 1.165) is 5.56 Å². The lowest BCUT2D eigenvalue weighted by molar-refractivity contribution is -0.143. The lowest BCUT2D eigenvalue weighted by Crippen LogP contribution is -2.57. The number of carboxylic acid groups (broad SMARTS) is 1. The van der Waals surface area contributed by atoms with E-state index in [9.17, 15) is 29.1 Å². The number of aliphatic imine (C=N–C) groups is 1. The maximum Gasteiger partial charge on any atom is 0.326 e. The zero-order valence-corrected chi connectivity index (χ0v) is 22.4. The van der Waals surface area contributed by atoms with E-state index in [4.69, 9.17) is 28.7 Å². The summed E-state index contributed by atoms with van der Waals surface area (Å²) < 4.78 is 0. The van der Waals surface area contributed by atoms with E-state index in [0.29, 0.717) is 25.8 Å². The molecule has 4 unspecified atom stereocenters. The van der Waals surface area contributed by atoms with Crippen molar-refractivity contribution in [3.05, 3.63) is 35.9 Å². The van der Waals surface area contributed by atoms with Gasteiger partial charge in [-0.1, -0.05) is 30.3 Å². The van der Waals surface area contributed by atoms with Crippen molar-refractivity contribution in [1.82, 2.24) is 16.0 Å². The number of benzene rings is 1. The van der Waals surface area contributed by atoms with Gasteiger partial charge in [0, 0.05) is 13.0 Å². The minimum Gasteiger partial charge on any atom is -0.480 e. The maximum atomic E-state index is 13.4. The van der Waals surface area contributed by atoms with E-state index in [2.05, 4.69) is 20.9 Å². The van der Waals surface area contributed by atoms with Crippen LogP contribution in [0, 0.1) is 0 Å². The second-order valence-corrected chi connectivity index (χ2v) is 9.22. The minimum absolute atomic E-state index is 0.0769. The molecule has 4 amide bonds. The molecular formula is C25H41N9O6. The summed E-state index contributed by atoms with van der Waals surface area (Å²) in [5, 5.41) is 16.8. The molecule has 0 fully saturated rings. The lowest BCUT2D eigenvalue weighted by Gasteiger charge is -2.25. The van der Waals surface area contributed by atoms with Gasteiger partial charge in [0.1, 0.15) is 18.1 Å². The fourth-order valence-electron chi connectivity index (χ4n) is 3.70. The molecule has 0 saturated heterocycles. The number of carbonyl (C=O) groups excluding carboxylic acids is 4. The summed E-state index contributed by atoms with van der Waals surface area (Å²) in [6.07, 6.45) is 1.27. The van der Waals surface area contributed by atoms with E-state index in [-0.39, 0.29) is 31.8 Å². The number of aliphatic carboxylic acids is 1. The average Bonchev–Trinajstić information content (AvgIpc) is 2.89. The monoisotopic (exact) mass is 563 g/mol. The Morgan fingerprint density at radius 2 is 1.40 bits per heavy atom. The molecule has 15 heteroatoms. The van der Waals surface area contributed by atoms with Crippen LogP contribution in [0.3, 0.4) is 0 Å². The van der Waals surface area contributed by atoms with Crippen molar-refractivity contribution in [2.75, 3.05) is 13.1 Å². The van der Waals surface area contributed by atoms with Crippen molar-refractivity contribution in [2.24, 2.45) is 33.7 Å². The number of nitrogens with one attached hydrogen (secondary N) is 3. The van der Waals surface area contributed by atoms with Gasteiger partial charge in [0.15, 0.2) is 5.96 Å². The molecule has 15 nitrogen and oxygen atoms in total. The highest BCUT2D eigenvalue weighted by atomic mass is 16.4. The first-order chi connectivity index (χ1) is 18.9. The van der Waals surface area contributed by atoms with Crippen LogP contribution >= 0.6 is 0 Å². The number of unbranched alkanes of at least 4 members (excludes halogenated alkanes) is 1. The first kappa shape index (κ1) is 33.8. The normalized spacial score (nSPS) is 13.7. The Kier molecular flexibility index (Phi) is 15.3. The van der Waals surface area contributed by atoms with E-state index < -0.39 is 60.2 Å². The van der Waals surface area contributed by atoms with Crippen LogP contribution in [0.5, 0.6) is 0 Å². The molecule has 0 aliphatic rings. The second kappa shape index (κ2) is 18.1. The molecule has 0 radical (unpaired) electrons. The van der Waals surface area contributed by atoms with Crippen LogP contribution in [-0.2, 0) is 30.4 Å². The predicted octanol–water partition coefficient (Wildman–Crippen LogP) is -2.85. The van der Waals surface area contributed by atoms with Gasteiger partial charge in [-0.3, -0.25) is 24.2 Å². The molecule has 40 heavy (non-hydrogen) atoms. The molecule has 14 N–H and O–H groups in total. The minimum atomic E-state index is -1.57. The molecule has 4 atom stereocenters. The Morgan fingerprint density at radius 1 is 0.800 bits per heavy atom. The van der Waals surface area contributed by atoms with Crippen molar-refractivity contribution in [1.29, 1.82) is 0 Å². The van der Waals surface area contributed by atoms with Gasteiger partial charge >= 0.3 is 5.97 Å². The molecule has 1 rings (SSSR count). The summed E-state index contributed by atoms with van der Waals surface area (Å²) in [6, 6.07) is 4.09. The van der Waals surface area contributed by atoms with E-state index in [1.165, 1.54) is 0 Å². The highest BCUT2D eigenvalue weighted by molar-refractivity contribution is 5.95. The van der Waals surface area contributed by atoms with Crippen molar-refractivity contribution < 1.29 is 29.1 Å². The maximum absolute atomic E-state index is 13.4. The van der Waals surface area contributed by atoms with Crippen LogP contribution in [-0.4, -0.2) is 77.9 Å². The van der Waals surface area contributed by atoms with Gasteiger partial charge in [-0.25, -0.2) is 4.79 Å². The molecule has 1 aromatic rings. The van der Waals surface area contributed by atoms with Gasteiger partial charge in [-0.15, -0.1) is 0 Å². The molecule has 222 valence electrons. The number of nitrogens with two attached hydrogens (primary N) is 5. The zero-order chi connectivity index (χ0) is 30.1. The summed E-state index contributed by atoms with van der Waals surface area (Å²) >= 11 is 0. The number of nitrogens with zero attached hydrogens (tertiary/aromatic N) is 1. The molecule has 0 heterocycles. The molecule has 0 spiro atoms. The van der Waals surface area contributed by atoms with Crippen LogP contribution in [0.4, 0.5) is 0 Å². The van der Waals surface area contributed by atoms with Crippen LogP contribution in [0.1, 0.15) is 44.1 Å². The number of hydrogen-bond donors (Lipinski definition) is 9. The SMILES string of the molecule is NCCCCC(NC(=O)C(Cc1ccccc1)NC(=O)C(N)CCCN=C(N)N)C(=O)NC(CC(N)=O)C(=O)O. The van der Waals surface area contributed by atoms with Crippen molar-refractivity contribution in [3.8, 4) is 0 Å². The molecule has 0 saturated carbocycles. The summed E-state index contributed by atoms with van der Waals surface area (Å²) in [6.45, 7) is 0.624. The molecule has 0 aliphatic carbocycles. The average molecular weight is 564 g/mol. The van der Waals surface area contributed by atoms with Gasteiger partial charge in [0.25, 0.3) is 0 Å². The van der Waals surface area contributed by atoms with Gasteiger partial charge < -0.3 is 49.7 Å². The molecule has 0 aromatic heterocycles. The van der Waals surface area contributed by atoms with Crippen molar-refractivity contribution >= 4 is 35.6 Å². The fourth-order valence-corrected chi connectivity index (χ4v) is 3.70. The van der Waals surface area contributed by atoms with Gasteiger partial charge in [0.05, 0.1) is 12.5 Å². The van der Waals surface area contributed by atoms with E-state index in [1.54, 1.807) is 30.3 Å². The summed E-state index contributed by atoms with van der Waals surface area (Å²) in [4.78, 5) is 65.8. The van der Waals surface area contributed by atoms with Gasteiger partial charge in [0.2, 0.25) is 23.6 Å². The van der Waals surface area contributed by atoms with Crippen LogP contribution in [0.2, 0.25) is 0 Å². The van der Waals surface area contributed by atoms with Crippen molar-refractivity contribution in [2.45, 2.75) is 69.1 Å². The van der Waals surface area contributed by atoms with E-state index >= 15 is 0 Å². The first-order valence-corrected chi connectivity index (χ1v) is 12.9. The Labute approximate surface area is 232 Å². The number of primary amides is 1. The Balaban J connectivity index is 3.06. The number of hydrogen-bond acceptors (Lipinski definition) is 8. The topological polar surface area (TPSA) is 284 Å². The van der Waals surface area contributed by atoms with Gasteiger partial charge in [-0.05, 0) is 44.2 Å². The van der Waals surface area contributed by atoms with E-state index in [1.807, 2.05) is 0 Å². The summed E-state index contributed by atoms with van der Waals surface area (Å²) in [5.74, 6) is -4.54. The largest absolute Gasteiger partial charge is 0.480 e. The van der Waals surface area contributed by atoms with Crippen LogP contribution in [0.15, 0.2) is 35.3 Å². The highest BCUT2D eigenvalue weighted by Crippen LogP contribution is 2.08. The fraction of sp³-hybridized carbons (Fsp3) is 0.520. The smallest absolute Gasteiger partial charge is 0.326 e. The standard InChI is InChI=1S/C25H41N9O6/c26-11-5-4-10-17(22(37)34-19(24(39)40)14-20(28)35)32-23(38)18(13-15-7-2-1-3-8-15)33-21(36)16(27)9-6-12-31-25(29)30/h1-3,7-8,16-19H,4-6,9-14,26-27H2,(H2,28,35)(H,32,38)(H,33,36)(H,34,37)(H,39,40)(H4,29,30,31). The first-order valence-electron chi connectivity index (χ1n) is 12.9. The Hall–Kier alpha value is -4.24. The highest BCUT2D eigenvalue weighted by Gasteiger charge is 2.30. The number of carboxylic acids is 1. The number of rotatable bonds is 19. The number of guanidine groups is 1. The van der Waals surface area contributed by atoms with Gasteiger partial charge in [-0.2, -0.15) is 0 Å². The molecular weight excluding hydrogens is 522 g/mol. The molecule has 0 bridgehead atoms. The Bertz CT molecular complexity index is 1020. The second-order valence-electron chi connectivity index (χ2n) is 9.22.